The number of rotatable bonds is 9. The highest BCUT2D eigenvalue weighted by molar-refractivity contribution is 5.94. The minimum absolute atomic E-state index is 0.0966. The van der Waals surface area contributed by atoms with Crippen molar-refractivity contribution in [1.29, 1.82) is 0 Å². The predicted molar refractivity (Wildman–Crippen MR) is 138 cm³/mol. The molecule has 0 unspecified atom stereocenters. The van der Waals surface area contributed by atoms with E-state index in [0.29, 0.717) is 12.1 Å². The number of carbonyl (C=O) groups is 1. The minimum Gasteiger partial charge on any atom is -0.497 e. The van der Waals surface area contributed by atoms with Crippen molar-refractivity contribution < 1.29 is 19.0 Å². The molecule has 3 aromatic rings. The number of hydrogen-bond acceptors (Lipinski definition) is 6. The second-order valence-corrected chi connectivity index (χ2v) is 8.52. The Hall–Kier alpha value is -3.71. The molecule has 184 valence electrons. The van der Waals surface area contributed by atoms with E-state index in [1.54, 1.807) is 45.6 Å². The van der Waals surface area contributed by atoms with Gasteiger partial charge in [0.25, 0.3) is 5.91 Å². The normalized spacial score (nSPS) is 13.9. The van der Waals surface area contributed by atoms with Gasteiger partial charge in [-0.25, -0.2) is 0 Å². The second-order valence-electron chi connectivity index (χ2n) is 8.52. The molecule has 1 fully saturated rings. The quantitative estimate of drug-likeness (QED) is 0.505. The Kier molecular flexibility index (Phi) is 8.11. The van der Waals surface area contributed by atoms with Gasteiger partial charge in [-0.1, -0.05) is 18.2 Å². The first-order valence-electron chi connectivity index (χ1n) is 11.8. The topological polar surface area (TPSA) is 63.3 Å². The van der Waals surface area contributed by atoms with Gasteiger partial charge in [-0.15, -0.1) is 0 Å². The summed E-state index contributed by atoms with van der Waals surface area (Å²) in [6.07, 6.45) is 0. The molecule has 0 aromatic heterocycles. The Morgan fingerprint density at radius 3 is 2.23 bits per heavy atom. The number of benzene rings is 3. The third kappa shape index (κ3) is 6.25. The molecule has 35 heavy (non-hydrogen) atoms. The molecule has 0 radical (unpaired) electrons. The maximum atomic E-state index is 12.5. The monoisotopic (exact) mass is 475 g/mol. The summed E-state index contributed by atoms with van der Waals surface area (Å²) in [5.41, 5.74) is 4.04. The van der Waals surface area contributed by atoms with Crippen molar-refractivity contribution in [3.05, 3.63) is 83.4 Å². The van der Waals surface area contributed by atoms with E-state index < -0.39 is 0 Å². The van der Waals surface area contributed by atoms with Gasteiger partial charge >= 0.3 is 0 Å². The molecule has 1 aliphatic heterocycles. The molecule has 0 saturated carbocycles. The fourth-order valence-corrected chi connectivity index (χ4v) is 4.28. The van der Waals surface area contributed by atoms with Crippen LogP contribution in [0.15, 0.2) is 66.7 Å². The Morgan fingerprint density at radius 2 is 1.54 bits per heavy atom. The van der Waals surface area contributed by atoms with Gasteiger partial charge in [-0.2, -0.15) is 0 Å². The zero-order valence-electron chi connectivity index (χ0n) is 20.6. The van der Waals surface area contributed by atoms with Crippen molar-refractivity contribution in [1.82, 2.24) is 10.2 Å². The molecule has 0 atom stereocenters. The zero-order chi connectivity index (χ0) is 24.6. The first-order valence-corrected chi connectivity index (χ1v) is 11.8. The lowest BCUT2D eigenvalue weighted by molar-refractivity contribution is 0.0951. The Bertz CT molecular complexity index is 1130. The van der Waals surface area contributed by atoms with E-state index in [0.717, 1.165) is 61.1 Å². The smallest absolute Gasteiger partial charge is 0.251 e. The van der Waals surface area contributed by atoms with Gasteiger partial charge in [-0.05, 0) is 48.0 Å². The van der Waals surface area contributed by atoms with Crippen LogP contribution in [-0.2, 0) is 13.1 Å². The third-order valence-corrected chi connectivity index (χ3v) is 6.34. The lowest BCUT2D eigenvalue weighted by Gasteiger charge is -2.36. The molecule has 1 N–H and O–H groups in total. The number of methoxy groups -OCH3 is 3. The lowest BCUT2D eigenvalue weighted by atomic mass is 10.1. The fourth-order valence-electron chi connectivity index (χ4n) is 4.28. The van der Waals surface area contributed by atoms with Crippen molar-refractivity contribution in [3.8, 4) is 17.2 Å². The van der Waals surface area contributed by atoms with Crippen molar-refractivity contribution in [2.45, 2.75) is 13.1 Å². The van der Waals surface area contributed by atoms with Gasteiger partial charge in [0.1, 0.15) is 17.2 Å². The fraction of sp³-hybridized carbons (Fsp3) is 0.321. The Morgan fingerprint density at radius 1 is 0.829 bits per heavy atom. The van der Waals surface area contributed by atoms with Gasteiger partial charge < -0.3 is 24.4 Å². The molecule has 1 aliphatic rings. The molecule has 1 heterocycles. The van der Waals surface area contributed by atoms with Crippen molar-refractivity contribution in [3.63, 3.8) is 0 Å². The summed E-state index contributed by atoms with van der Waals surface area (Å²) in [7, 11) is 4.97. The minimum atomic E-state index is -0.0966. The van der Waals surface area contributed by atoms with E-state index in [9.17, 15) is 4.79 Å². The maximum absolute atomic E-state index is 12.5. The lowest BCUT2D eigenvalue weighted by Crippen LogP contribution is -2.46. The predicted octanol–water partition coefficient (Wildman–Crippen LogP) is 3.96. The van der Waals surface area contributed by atoms with Crippen LogP contribution in [0.3, 0.4) is 0 Å². The Balaban J connectivity index is 1.30. The van der Waals surface area contributed by atoms with Crippen molar-refractivity contribution in [2.75, 3.05) is 52.4 Å². The summed E-state index contributed by atoms with van der Waals surface area (Å²) in [6.45, 7) is 5.15. The molecule has 7 heteroatoms. The average molecular weight is 476 g/mol. The van der Waals surface area contributed by atoms with E-state index in [1.807, 2.05) is 18.2 Å². The van der Waals surface area contributed by atoms with Crippen LogP contribution < -0.4 is 24.4 Å². The van der Waals surface area contributed by atoms with Gasteiger partial charge in [0.2, 0.25) is 0 Å². The van der Waals surface area contributed by atoms with E-state index >= 15 is 0 Å². The molecule has 0 bridgehead atoms. The van der Waals surface area contributed by atoms with Crippen LogP contribution in [0, 0.1) is 0 Å². The maximum Gasteiger partial charge on any atom is 0.251 e. The summed E-state index contributed by atoms with van der Waals surface area (Å²) in [5, 5.41) is 3.01. The zero-order valence-corrected chi connectivity index (χ0v) is 20.6. The van der Waals surface area contributed by atoms with E-state index in [2.05, 4.69) is 39.4 Å². The number of piperazine rings is 1. The SMILES string of the molecule is COc1ccc(C(=O)NCc2cccc(N3CCN(Cc4ccc(OC)cc4OC)CC3)c2)cc1. The van der Waals surface area contributed by atoms with Gasteiger partial charge in [0.15, 0.2) is 0 Å². The van der Waals surface area contributed by atoms with Gasteiger partial charge in [0.05, 0.1) is 21.3 Å². The first kappa shape index (κ1) is 24.4. The number of hydrogen-bond donors (Lipinski definition) is 1. The van der Waals surface area contributed by atoms with E-state index in [-0.39, 0.29) is 5.91 Å². The molecule has 7 nitrogen and oxygen atoms in total. The van der Waals surface area contributed by atoms with Crippen LogP contribution in [0.25, 0.3) is 0 Å². The van der Waals surface area contributed by atoms with Crippen LogP contribution in [0.2, 0.25) is 0 Å². The van der Waals surface area contributed by atoms with Crippen LogP contribution in [0.1, 0.15) is 21.5 Å². The number of ether oxygens (including phenoxy) is 3. The Labute approximate surface area is 207 Å². The van der Waals surface area contributed by atoms with Gasteiger partial charge in [-0.3, -0.25) is 9.69 Å². The molecular formula is C28H33N3O4. The number of amides is 1. The average Bonchev–Trinajstić information content (AvgIpc) is 2.92. The van der Waals surface area contributed by atoms with E-state index in [1.165, 1.54) is 5.69 Å². The highest BCUT2D eigenvalue weighted by atomic mass is 16.5. The third-order valence-electron chi connectivity index (χ3n) is 6.34. The molecule has 1 amide bonds. The summed E-state index contributed by atoms with van der Waals surface area (Å²) < 4.78 is 16.0. The van der Waals surface area contributed by atoms with E-state index in [4.69, 9.17) is 14.2 Å². The number of nitrogens with zero attached hydrogens (tertiary/aromatic N) is 2. The largest absolute Gasteiger partial charge is 0.497 e. The summed E-state index contributed by atoms with van der Waals surface area (Å²) >= 11 is 0. The number of anilines is 1. The molecule has 4 rings (SSSR count). The number of carbonyl (C=O) groups excluding carboxylic acids is 1. The van der Waals surface area contributed by atoms with Crippen molar-refractivity contribution >= 4 is 11.6 Å². The van der Waals surface area contributed by atoms with Crippen LogP contribution in [0.5, 0.6) is 17.2 Å². The second kappa shape index (κ2) is 11.6. The van der Waals surface area contributed by atoms with Crippen molar-refractivity contribution in [2.24, 2.45) is 0 Å². The summed E-state index contributed by atoms with van der Waals surface area (Å²) in [5.74, 6) is 2.30. The van der Waals surface area contributed by atoms with Crippen LogP contribution in [-0.4, -0.2) is 58.3 Å². The van der Waals surface area contributed by atoms with Gasteiger partial charge in [0, 0.05) is 62.1 Å². The molecule has 1 saturated heterocycles. The number of nitrogens with one attached hydrogen (secondary N) is 1. The molecule has 3 aromatic carbocycles. The standard InChI is InChI=1S/C28H33N3O4/c1-33-25-10-7-22(8-11-25)28(32)29-19-21-5-4-6-24(17-21)31-15-13-30(14-16-31)20-23-9-12-26(34-2)18-27(23)35-3/h4-12,17-18H,13-16,19-20H2,1-3H3,(H,29,32). The molecule has 0 aliphatic carbocycles. The summed E-state index contributed by atoms with van der Waals surface area (Å²) in [4.78, 5) is 17.3. The summed E-state index contributed by atoms with van der Waals surface area (Å²) in [6, 6.07) is 21.5. The van der Waals surface area contributed by atoms with Crippen LogP contribution >= 0.6 is 0 Å². The molecule has 0 spiro atoms. The first-order chi connectivity index (χ1) is 17.1. The highest BCUT2D eigenvalue weighted by Crippen LogP contribution is 2.26. The molecular weight excluding hydrogens is 442 g/mol. The highest BCUT2D eigenvalue weighted by Gasteiger charge is 2.19. The van der Waals surface area contributed by atoms with Crippen LogP contribution in [0.4, 0.5) is 5.69 Å².